The number of carbonyl (C=O) groups is 1. The Morgan fingerprint density at radius 1 is 1.26 bits per heavy atom. The molecule has 0 saturated heterocycles. The number of amides is 1. The van der Waals surface area contributed by atoms with E-state index in [1.165, 1.54) is 19.2 Å². The molecule has 1 amide bonds. The molecule has 0 bridgehead atoms. The van der Waals surface area contributed by atoms with Crippen LogP contribution in [0.3, 0.4) is 0 Å². The van der Waals surface area contributed by atoms with E-state index in [9.17, 15) is 31.0 Å². The maximum Gasteiger partial charge on any atom is 0.420 e. The summed E-state index contributed by atoms with van der Waals surface area (Å²) in [5.74, 6) is -4.03. The van der Waals surface area contributed by atoms with E-state index in [1.54, 1.807) is 6.92 Å². The Kier molecular flexibility index (Phi) is 5.39. The van der Waals surface area contributed by atoms with Gasteiger partial charge in [-0.3, -0.25) is 9.48 Å². The molecule has 2 aromatic rings. The second-order valence-electron chi connectivity index (χ2n) is 9.99. The van der Waals surface area contributed by atoms with Gasteiger partial charge in [0.05, 0.1) is 15.4 Å². The van der Waals surface area contributed by atoms with Gasteiger partial charge in [-0.15, -0.1) is 0 Å². The minimum Gasteiger partial charge on any atom is -0.320 e. The van der Waals surface area contributed by atoms with Crippen LogP contribution in [0.15, 0.2) is 23.4 Å². The number of nitrogens with zero attached hydrogens (tertiary/aromatic N) is 3. The van der Waals surface area contributed by atoms with Crippen LogP contribution in [0, 0.1) is 10.2 Å². The second kappa shape index (κ2) is 7.46. The summed E-state index contributed by atoms with van der Waals surface area (Å²) < 4.78 is 90.3. The fourth-order valence-corrected chi connectivity index (χ4v) is 5.10. The van der Waals surface area contributed by atoms with E-state index in [0.717, 1.165) is 17.0 Å². The van der Waals surface area contributed by atoms with Crippen LogP contribution >= 0.6 is 0 Å². The van der Waals surface area contributed by atoms with Crippen LogP contribution in [0.4, 0.5) is 27.6 Å². The zero-order chi connectivity index (χ0) is 25.3. The van der Waals surface area contributed by atoms with E-state index in [4.69, 9.17) is 4.78 Å². The third-order valence-corrected chi connectivity index (χ3v) is 7.34. The normalized spacial score (nSPS) is 21.9. The van der Waals surface area contributed by atoms with Crippen LogP contribution in [-0.2, 0) is 27.9 Å². The third-order valence-electron chi connectivity index (χ3n) is 6.32. The molecule has 4 rings (SSSR count). The van der Waals surface area contributed by atoms with Gasteiger partial charge in [0.1, 0.15) is 16.3 Å². The highest BCUT2D eigenvalue weighted by Gasteiger charge is 2.56. The number of alkyl halides is 5. The summed E-state index contributed by atoms with van der Waals surface area (Å²) in [6.07, 6.45) is -2.71. The van der Waals surface area contributed by atoms with Gasteiger partial charge in [0.2, 0.25) is 5.92 Å². The Hall–Kier alpha value is -2.57. The molecular weight excluding hydrogens is 481 g/mol. The highest BCUT2D eigenvalue weighted by molar-refractivity contribution is 7.91. The number of halogens is 5. The number of nitrogens with one attached hydrogen (secondary N) is 2. The van der Waals surface area contributed by atoms with Crippen molar-refractivity contribution in [3.63, 3.8) is 0 Å². The van der Waals surface area contributed by atoms with E-state index < -0.39 is 62.7 Å². The fourth-order valence-electron chi connectivity index (χ4n) is 4.48. The summed E-state index contributed by atoms with van der Waals surface area (Å²) in [5, 5.41) is 6.35. The molecule has 2 aliphatic carbocycles. The average Bonchev–Trinajstić information content (AvgIpc) is 3.26. The van der Waals surface area contributed by atoms with Crippen molar-refractivity contribution in [3.05, 3.63) is 35.3 Å². The van der Waals surface area contributed by atoms with Crippen LogP contribution in [0.25, 0.3) is 0 Å². The quantitative estimate of drug-likeness (QED) is 0.535. The Balaban J connectivity index is 1.78. The number of carbonyl (C=O) groups excluding carboxylic acids is 1. The smallest absolute Gasteiger partial charge is 0.320 e. The lowest BCUT2D eigenvalue weighted by Gasteiger charge is -2.44. The van der Waals surface area contributed by atoms with Crippen LogP contribution < -0.4 is 5.32 Å². The molecule has 2 fully saturated rings. The first-order valence-electron chi connectivity index (χ1n) is 10.5. The lowest BCUT2D eigenvalue weighted by Crippen LogP contribution is -2.47. The number of rotatable bonds is 6. The molecule has 13 heteroatoms. The van der Waals surface area contributed by atoms with Crippen molar-refractivity contribution in [1.82, 2.24) is 14.8 Å². The van der Waals surface area contributed by atoms with E-state index in [0.29, 0.717) is 12.8 Å². The van der Waals surface area contributed by atoms with Crippen molar-refractivity contribution >= 4 is 21.3 Å². The topological polar surface area (TPSA) is 101 Å². The van der Waals surface area contributed by atoms with Gasteiger partial charge in [0.15, 0.2) is 0 Å². The maximum atomic E-state index is 14.2. The lowest BCUT2D eigenvalue weighted by atomic mass is 9.67. The van der Waals surface area contributed by atoms with E-state index in [1.807, 2.05) is 0 Å². The predicted octanol–water partition coefficient (Wildman–Crippen LogP) is 5.07. The maximum absolute atomic E-state index is 14.2. The Morgan fingerprint density at radius 3 is 2.38 bits per heavy atom. The van der Waals surface area contributed by atoms with Crippen molar-refractivity contribution < 1.29 is 31.0 Å². The Bertz CT molecular complexity index is 1260. The summed E-state index contributed by atoms with van der Waals surface area (Å²) in [6, 6.07) is 2.44. The molecule has 186 valence electrons. The summed E-state index contributed by atoms with van der Waals surface area (Å²) in [7, 11) is -3.23. The lowest BCUT2D eigenvalue weighted by molar-refractivity contribution is -0.160. The highest BCUT2D eigenvalue weighted by Crippen LogP contribution is 2.54. The van der Waals surface area contributed by atoms with E-state index in [-0.39, 0.29) is 23.0 Å². The monoisotopic (exact) mass is 505 g/mol. The zero-order valence-corrected chi connectivity index (χ0v) is 19.5. The third kappa shape index (κ3) is 4.66. The number of hydrogen-bond donors (Lipinski definition) is 2. The van der Waals surface area contributed by atoms with E-state index >= 15 is 0 Å². The summed E-state index contributed by atoms with van der Waals surface area (Å²) in [4.78, 5) is 17.0. The van der Waals surface area contributed by atoms with Gasteiger partial charge in [-0.25, -0.2) is 22.8 Å². The van der Waals surface area contributed by atoms with Crippen molar-refractivity contribution in [2.75, 3.05) is 11.6 Å². The standard InChI is InChI=1S/C21H24F5N5O2S/c1-18(9-20(22,23)10-18)11-31-15(14(21(24,25)26)16(30-31)19(2)5-6-19)17(32)29-12-4-7-28-13(8-12)34(3,27)33/h4,7-8,27H,5-6,9-11H2,1-3H3,(H,28,29,32)/t34-/m1/s1. The van der Waals surface area contributed by atoms with Crippen LogP contribution in [0.2, 0.25) is 0 Å². The summed E-state index contributed by atoms with van der Waals surface area (Å²) >= 11 is 0. The van der Waals surface area contributed by atoms with E-state index in [2.05, 4.69) is 15.4 Å². The molecular formula is C21H24F5N5O2S. The van der Waals surface area contributed by atoms with Gasteiger partial charge in [0.25, 0.3) is 5.91 Å². The SMILES string of the molecule is CC1(Cn2nc(C3(C)CC3)c(C(F)(F)F)c2C(=O)Nc2ccnc([S@](C)(=N)=O)c2)CC(F)(F)C1. The van der Waals surface area contributed by atoms with Crippen LogP contribution in [0.1, 0.15) is 61.3 Å². The Labute approximate surface area is 193 Å². The van der Waals surface area contributed by atoms with Crippen molar-refractivity contribution in [3.8, 4) is 0 Å². The Morgan fingerprint density at radius 2 is 1.88 bits per heavy atom. The molecule has 0 spiro atoms. The fraction of sp³-hybridized carbons (Fsp3) is 0.571. The molecule has 1 atom stereocenters. The molecule has 34 heavy (non-hydrogen) atoms. The molecule has 0 aliphatic heterocycles. The molecule has 0 aromatic carbocycles. The number of anilines is 1. The molecule has 0 radical (unpaired) electrons. The van der Waals surface area contributed by atoms with Gasteiger partial charge in [-0.1, -0.05) is 13.8 Å². The summed E-state index contributed by atoms with van der Waals surface area (Å²) in [6.45, 7) is 2.87. The first-order valence-corrected chi connectivity index (χ1v) is 12.5. The highest BCUT2D eigenvalue weighted by atomic mass is 32.2. The van der Waals surface area contributed by atoms with Gasteiger partial charge < -0.3 is 5.32 Å². The molecule has 2 heterocycles. The first kappa shape index (κ1) is 24.6. The molecule has 2 aromatic heterocycles. The van der Waals surface area contributed by atoms with Crippen LogP contribution in [-0.4, -0.2) is 37.1 Å². The predicted molar refractivity (Wildman–Crippen MR) is 113 cm³/mol. The largest absolute Gasteiger partial charge is 0.420 e. The van der Waals surface area contributed by atoms with Crippen molar-refractivity contribution in [1.29, 1.82) is 4.78 Å². The zero-order valence-electron chi connectivity index (χ0n) is 18.7. The molecule has 2 N–H and O–H groups in total. The number of hydrogen-bond acceptors (Lipinski definition) is 5. The minimum absolute atomic E-state index is 0.00160. The number of pyridine rings is 1. The molecule has 2 saturated carbocycles. The van der Waals surface area contributed by atoms with Gasteiger partial charge >= 0.3 is 6.18 Å². The van der Waals surface area contributed by atoms with Gasteiger partial charge in [0, 0.05) is 42.9 Å². The van der Waals surface area contributed by atoms with Gasteiger partial charge in [-0.05, 0) is 30.4 Å². The second-order valence-corrected chi connectivity index (χ2v) is 12.1. The molecule has 0 unspecified atom stereocenters. The van der Waals surface area contributed by atoms with Crippen molar-refractivity contribution in [2.45, 2.75) is 68.6 Å². The number of aromatic nitrogens is 3. The minimum atomic E-state index is -4.90. The molecule has 2 aliphatic rings. The first-order chi connectivity index (χ1) is 15.4. The average molecular weight is 506 g/mol. The van der Waals surface area contributed by atoms with Gasteiger partial charge in [-0.2, -0.15) is 18.3 Å². The van der Waals surface area contributed by atoms with Crippen LogP contribution in [0.5, 0.6) is 0 Å². The summed E-state index contributed by atoms with van der Waals surface area (Å²) in [5.41, 5.74) is -4.06. The molecule has 7 nitrogen and oxygen atoms in total. The van der Waals surface area contributed by atoms with Crippen molar-refractivity contribution in [2.24, 2.45) is 5.41 Å².